The molecule has 0 fully saturated rings. The summed E-state index contributed by atoms with van der Waals surface area (Å²) >= 11 is 1.94. The van der Waals surface area contributed by atoms with Crippen molar-refractivity contribution < 1.29 is 34.4 Å². The Morgan fingerprint density at radius 2 is 1.58 bits per heavy atom. The molecular formula is C46H56IrNO3S-. The van der Waals surface area contributed by atoms with E-state index < -0.39 is 0 Å². The molecule has 0 saturated heterocycles. The van der Waals surface area contributed by atoms with E-state index in [-0.39, 0.29) is 47.9 Å². The molecule has 4 nitrogen and oxygen atoms in total. The Hall–Kier alpha value is -3.18. The Morgan fingerprint density at radius 3 is 2.19 bits per heavy atom. The smallest absolute Gasteiger partial charge is 0.220 e. The molecule has 1 aliphatic heterocycles. The summed E-state index contributed by atoms with van der Waals surface area (Å²) in [7, 11) is 0. The maximum absolute atomic E-state index is 12.2. The molecule has 6 rings (SSSR count). The van der Waals surface area contributed by atoms with Crippen LogP contribution in [0.15, 0.2) is 83.0 Å². The van der Waals surface area contributed by atoms with Crippen molar-refractivity contribution in [2.75, 3.05) is 0 Å². The number of benzene rings is 2. The van der Waals surface area contributed by atoms with Crippen LogP contribution < -0.4 is 0 Å². The summed E-state index contributed by atoms with van der Waals surface area (Å²) in [6.45, 7) is 23.0. The second-order valence-corrected chi connectivity index (χ2v) is 17.0. The molecule has 2 aromatic heterocycles. The van der Waals surface area contributed by atoms with Gasteiger partial charge in [0.2, 0.25) is 5.71 Å². The van der Waals surface area contributed by atoms with Crippen LogP contribution in [0.2, 0.25) is 0 Å². The first-order valence-corrected chi connectivity index (χ1v) is 19.5. The maximum atomic E-state index is 12.2. The number of pyridine rings is 1. The minimum Gasteiger partial charge on any atom is -0.512 e. The summed E-state index contributed by atoms with van der Waals surface area (Å²) in [6, 6.07) is 16.7. The van der Waals surface area contributed by atoms with E-state index in [0.29, 0.717) is 16.9 Å². The van der Waals surface area contributed by atoms with Gasteiger partial charge in [-0.1, -0.05) is 128 Å². The summed E-state index contributed by atoms with van der Waals surface area (Å²) < 4.78 is 6.18. The van der Waals surface area contributed by atoms with Gasteiger partial charge < -0.3 is 9.52 Å². The van der Waals surface area contributed by atoms with E-state index in [0.717, 1.165) is 53.5 Å². The first kappa shape index (κ1) is 41.6. The number of rotatable bonds is 9. The van der Waals surface area contributed by atoms with Crippen LogP contribution >= 0.6 is 11.8 Å². The summed E-state index contributed by atoms with van der Waals surface area (Å²) in [6.07, 6.45) is 16.1. The number of thioether (sulfide) groups is 1. The van der Waals surface area contributed by atoms with Crippen LogP contribution in [0.3, 0.4) is 0 Å². The molecule has 2 aromatic carbocycles. The standard InChI is InChI=1S/C31H28NOS.C15H28O2.Ir/c1-18-19(2)33-30-29(18)24(28-16-21-11-7-9-13-27(21)34-28)17-26(32-30)22-14-20-10-6-8-12-23(20)25(15-22)31(3,4)5;1-7-14(5,8-2)12(16)11-13(17)15(6,9-3)10-4;/h6-13,15-17,21,27H,1-5H3;11,16H,7-10H2,1-6H3;/q-1;;/b;12-11-;. The second-order valence-electron chi connectivity index (χ2n) is 15.8. The topological polar surface area (TPSA) is 63.3 Å². The molecule has 3 heterocycles. The molecule has 0 saturated carbocycles. The zero-order valence-corrected chi connectivity index (χ0v) is 36.1. The maximum Gasteiger partial charge on any atom is 0.220 e. The van der Waals surface area contributed by atoms with Crippen molar-refractivity contribution in [2.45, 2.75) is 113 Å². The van der Waals surface area contributed by atoms with Gasteiger partial charge >= 0.3 is 0 Å². The molecule has 0 spiro atoms. The molecule has 2 atom stereocenters. The predicted octanol–water partition coefficient (Wildman–Crippen LogP) is 13.2. The zero-order valence-electron chi connectivity index (χ0n) is 32.9. The number of fused-ring (bicyclic) bond motifs is 3. The van der Waals surface area contributed by atoms with Gasteiger partial charge in [-0.15, -0.1) is 40.9 Å². The van der Waals surface area contributed by atoms with Crippen molar-refractivity contribution in [3.63, 3.8) is 0 Å². The fourth-order valence-electron chi connectivity index (χ4n) is 6.75. The van der Waals surface area contributed by atoms with E-state index in [1.165, 1.54) is 33.1 Å². The number of carbonyl (C=O) groups excluding carboxylic acids is 1. The number of allylic oxidation sites excluding steroid dienone is 6. The number of aliphatic hydroxyl groups excluding tert-OH is 1. The summed E-state index contributed by atoms with van der Waals surface area (Å²) in [5.74, 6) is 1.65. The van der Waals surface area contributed by atoms with Crippen molar-refractivity contribution in [1.29, 1.82) is 0 Å². The number of hydrogen-bond donors (Lipinski definition) is 1. The Morgan fingerprint density at radius 1 is 0.942 bits per heavy atom. The number of aromatic nitrogens is 1. The van der Waals surface area contributed by atoms with E-state index in [4.69, 9.17) is 9.40 Å². The van der Waals surface area contributed by atoms with E-state index in [1.807, 2.05) is 60.2 Å². The van der Waals surface area contributed by atoms with Gasteiger partial charge in [-0.25, -0.2) is 0 Å². The minimum atomic E-state index is -0.337. The second kappa shape index (κ2) is 16.5. The molecule has 1 aliphatic carbocycles. The number of ketones is 1. The molecule has 2 unspecified atom stereocenters. The SMILES string of the molecule is CCC(C)(CC)C(=O)/C=C(\O)C(C)(CC)CC.Cc1oc2nc(-c3[c-]c4ccccc4c(C(C)(C)C)c3)cc(C3=CC4C=CC=CC4S3)c2c1C.[Ir]. The molecule has 279 valence electrons. The average molecular weight is 895 g/mol. The Labute approximate surface area is 329 Å². The fourth-order valence-corrected chi connectivity index (χ4v) is 8.06. The van der Waals surface area contributed by atoms with Crippen LogP contribution in [0.4, 0.5) is 0 Å². The molecule has 0 amide bonds. The van der Waals surface area contributed by atoms with Crippen molar-refractivity contribution in [3.05, 3.63) is 107 Å². The third-order valence-corrected chi connectivity index (χ3v) is 13.0. The molecule has 1 N–H and O–H groups in total. The predicted molar refractivity (Wildman–Crippen MR) is 218 cm³/mol. The molecule has 52 heavy (non-hydrogen) atoms. The summed E-state index contributed by atoms with van der Waals surface area (Å²) in [5.41, 5.74) is 5.74. The number of aliphatic hydroxyl groups is 1. The van der Waals surface area contributed by atoms with Crippen molar-refractivity contribution in [1.82, 2.24) is 4.98 Å². The number of hydrogen-bond acceptors (Lipinski definition) is 5. The van der Waals surface area contributed by atoms with Crippen molar-refractivity contribution in [2.24, 2.45) is 16.7 Å². The van der Waals surface area contributed by atoms with Crippen LogP contribution in [0.1, 0.15) is 110 Å². The van der Waals surface area contributed by atoms with E-state index in [9.17, 15) is 9.90 Å². The van der Waals surface area contributed by atoms with Gasteiger partial charge in [-0.2, -0.15) is 0 Å². The van der Waals surface area contributed by atoms with Gasteiger partial charge in [0.15, 0.2) is 5.78 Å². The Bertz CT molecular complexity index is 2050. The minimum absolute atomic E-state index is 0. The van der Waals surface area contributed by atoms with Crippen LogP contribution in [0.5, 0.6) is 0 Å². The summed E-state index contributed by atoms with van der Waals surface area (Å²) in [5, 5.41) is 14.1. The third-order valence-electron chi connectivity index (χ3n) is 11.6. The molecule has 6 heteroatoms. The van der Waals surface area contributed by atoms with Crippen LogP contribution in [-0.2, 0) is 30.3 Å². The van der Waals surface area contributed by atoms with Crippen molar-refractivity contribution in [3.8, 4) is 11.3 Å². The Kier molecular flexibility index (Phi) is 13.2. The quantitative estimate of drug-likeness (QED) is 0.103. The monoisotopic (exact) mass is 895 g/mol. The summed E-state index contributed by atoms with van der Waals surface area (Å²) in [4.78, 5) is 18.5. The van der Waals surface area contributed by atoms with E-state index in [2.05, 4.69) is 101 Å². The molecule has 0 bridgehead atoms. The molecular weight excluding hydrogens is 839 g/mol. The van der Waals surface area contributed by atoms with Crippen LogP contribution in [0.25, 0.3) is 38.0 Å². The van der Waals surface area contributed by atoms with Crippen LogP contribution in [0, 0.1) is 36.7 Å². The van der Waals surface area contributed by atoms with E-state index in [1.54, 1.807) is 0 Å². The largest absolute Gasteiger partial charge is 0.512 e. The van der Waals surface area contributed by atoms with Gasteiger partial charge in [-0.05, 0) is 50.5 Å². The van der Waals surface area contributed by atoms with Gasteiger partial charge in [0.05, 0.1) is 5.39 Å². The molecule has 2 aliphatic rings. The number of furan rings is 1. The first-order valence-electron chi connectivity index (χ1n) is 18.6. The fraction of sp³-hybridized carbons (Fsp3) is 0.435. The average Bonchev–Trinajstić information content (AvgIpc) is 3.69. The normalized spacial score (nSPS) is 17.4. The van der Waals surface area contributed by atoms with E-state index >= 15 is 0 Å². The number of nitrogens with zero attached hydrogens (tertiary/aromatic N) is 1. The van der Waals surface area contributed by atoms with Gasteiger partial charge in [0, 0.05) is 64.3 Å². The molecule has 4 aromatic rings. The van der Waals surface area contributed by atoms with Gasteiger partial charge in [0.25, 0.3) is 0 Å². The number of carbonyl (C=O) groups is 1. The number of aryl methyl sites for hydroxylation is 2. The van der Waals surface area contributed by atoms with Crippen LogP contribution in [-0.4, -0.2) is 21.1 Å². The van der Waals surface area contributed by atoms with Gasteiger partial charge in [-0.3, -0.25) is 9.78 Å². The third kappa shape index (κ3) is 8.30. The molecule has 1 radical (unpaired) electrons. The van der Waals surface area contributed by atoms with Crippen molar-refractivity contribution >= 4 is 44.3 Å². The van der Waals surface area contributed by atoms with Gasteiger partial charge in [0.1, 0.15) is 11.5 Å². The zero-order chi connectivity index (χ0) is 37.3. The first-order chi connectivity index (χ1) is 24.1. The Balaban J connectivity index is 0.000000289.